The predicted molar refractivity (Wildman–Crippen MR) is 66.8 cm³/mol. The van der Waals surface area contributed by atoms with Crippen LogP contribution in [0.2, 0.25) is 0 Å². The second kappa shape index (κ2) is 3.89. The average molecular weight is 229 g/mol. The Balaban J connectivity index is 1.81. The summed E-state index contributed by atoms with van der Waals surface area (Å²) in [6.07, 6.45) is 3.53. The van der Waals surface area contributed by atoms with Crippen molar-refractivity contribution in [3.8, 4) is 0 Å². The number of aromatic nitrogens is 1. The third-order valence-corrected chi connectivity index (χ3v) is 3.34. The molecule has 4 heteroatoms. The van der Waals surface area contributed by atoms with Crippen LogP contribution in [0.5, 0.6) is 0 Å². The third-order valence-electron chi connectivity index (χ3n) is 3.34. The second-order valence-corrected chi connectivity index (χ2v) is 4.65. The van der Waals surface area contributed by atoms with Gasteiger partial charge in [-0.15, -0.1) is 0 Å². The van der Waals surface area contributed by atoms with Gasteiger partial charge < -0.3 is 16.0 Å². The number of aromatic amines is 1. The predicted octanol–water partition coefficient (Wildman–Crippen LogP) is 1.39. The van der Waals surface area contributed by atoms with Crippen molar-refractivity contribution in [2.45, 2.75) is 24.9 Å². The van der Waals surface area contributed by atoms with Crippen molar-refractivity contribution in [3.63, 3.8) is 0 Å². The lowest BCUT2D eigenvalue weighted by Gasteiger charge is -2.32. The molecule has 17 heavy (non-hydrogen) atoms. The second-order valence-electron chi connectivity index (χ2n) is 4.65. The van der Waals surface area contributed by atoms with E-state index in [0.29, 0.717) is 5.56 Å². The van der Waals surface area contributed by atoms with Gasteiger partial charge in [0, 0.05) is 29.2 Å². The zero-order valence-electron chi connectivity index (χ0n) is 9.44. The van der Waals surface area contributed by atoms with Crippen molar-refractivity contribution in [1.82, 2.24) is 10.3 Å². The number of H-pyrrole nitrogens is 1. The van der Waals surface area contributed by atoms with Crippen LogP contribution in [0.1, 0.15) is 23.2 Å². The van der Waals surface area contributed by atoms with E-state index in [1.165, 1.54) is 0 Å². The molecule has 0 unspecified atom stereocenters. The number of nitrogens with two attached hydrogens (primary N) is 1. The zero-order chi connectivity index (χ0) is 11.8. The molecule has 88 valence electrons. The van der Waals surface area contributed by atoms with Crippen molar-refractivity contribution in [2.75, 3.05) is 0 Å². The van der Waals surface area contributed by atoms with Crippen LogP contribution >= 0.6 is 0 Å². The van der Waals surface area contributed by atoms with E-state index >= 15 is 0 Å². The van der Waals surface area contributed by atoms with E-state index in [0.717, 1.165) is 23.7 Å². The summed E-state index contributed by atoms with van der Waals surface area (Å²) < 4.78 is 0. The summed E-state index contributed by atoms with van der Waals surface area (Å²) in [6.45, 7) is 0. The smallest absolute Gasteiger partial charge is 0.253 e. The number of benzene rings is 1. The minimum atomic E-state index is -0.0145. The van der Waals surface area contributed by atoms with Crippen molar-refractivity contribution in [3.05, 3.63) is 36.0 Å². The Labute approximate surface area is 99.2 Å². The zero-order valence-corrected chi connectivity index (χ0v) is 9.44. The third kappa shape index (κ3) is 1.80. The van der Waals surface area contributed by atoms with Gasteiger partial charge in [0.2, 0.25) is 0 Å². The molecule has 2 aromatic rings. The number of hydrogen-bond donors (Lipinski definition) is 3. The van der Waals surface area contributed by atoms with E-state index in [4.69, 9.17) is 5.73 Å². The van der Waals surface area contributed by atoms with Gasteiger partial charge in [0.25, 0.3) is 5.91 Å². The molecule has 3 rings (SSSR count). The van der Waals surface area contributed by atoms with Gasteiger partial charge in [-0.25, -0.2) is 0 Å². The lowest BCUT2D eigenvalue weighted by Crippen LogP contribution is -2.50. The largest absolute Gasteiger partial charge is 0.360 e. The van der Waals surface area contributed by atoms with Crippen LogP contribution in [0.4, 0.5) is 0 Å². The van der Waals surface area contributed by atoms with Gasteiger partial charge in [-0.1, -0.05) is 18.2 Å². The SMILES string of the molecule is NC1CC(NC(=O)c2c[nH]c3ccccc23)C1. The first-order valence-corrected chi connectivity index (χ1v) is 5.86. The van der Waals surface area contributed by atoms with E-state index in [9.17, 15) is 4.79 Å². The van der Waals surface area contributed by atoms with Gasteiger partial charge in [-0.05, 0) is 18.9 Å². The van der Waals surface area contributed by atoms with Crippen LogP contribution in [-0.4, -0.2) is 23.0 Å². The van der Waals surface area contributed by atoms with Gasteiger partial charge in [-0.3, -0.25) is 4.79 Å². The van der Waals surface area contributed by atoms with Gasteiger partial charge in [0.15, 0.2) is 0 Å². The number of fused-ring (bicyclic) bond motifs is 1. The summed E-state index contributed by atoms with van der Waals surface area (Å²) in [6, 6.07) is 8.30. The maximum absolute atomic E-state index is 12.1. The van der Waals surface area contributed by atoms with E-state index in [1.54, 1.807) is 6.20 Å². The Morgan fingerprint density at radius 2 is 2.12 bits per heavy atom. The fourth-order valence-electron chi connectivity index (χ4n) is 2.30. The molecule has 0 radical (unpaired) electrons. The molecule has 0 bridgehead atoms. The highest BCUT2D eigenvalue weighted by Crippen LogP contribution is 2.21. The first-order valence-electron chi connectivity index (χ1n) is 5.86. The van der Waals surface area contributed by atoms with E-state index in [-0.39, 0.29) is 18.0 Å². The van der Waals surface area contributed by atoms with Crippen molar-refractivity contribution in [2.24, 2.45) is 5.73 Å². The van der Waals surface area contributed by atoms with E-state index < -0.39 is 0 Å². The fraction of sp³-hybridized carbons (Fsp3) is 0.308. The molecule has 1 heterocycles. The molecule has 1 aromatic heterocycles. The topological polar surface area (TPSA) is 70.9 Å². The number of carbonyl (C=O) groups is 1. The van der Waals surface area contributed by atoms with Crippen molar-refractivity contribution in [1.29, 1.82) is 0 Å². The maximum atomic E-state index is 12.1. The minimum Gasteiger partial charge on any atom is -0.360 e. The number of carbonyl (C=O) groups excluding carboxylic acids is 1. The number of nitrogens with one attached hydrogen (secondary N) is 2. The summed E-state index contributed by atoms with van der Waals surface area (Å²) >= 11 is 0. The Morgan fingerprint density at radius 1 is 1.35 bits per heavy atom. The Morgan fingerprint density at radius 3 is 2.88 bits per heavy atom. The Kier molecular flexibility index (Phi) is 2.37. The first-order chi connectivity index (χ1) is 8.24. The number of rotatable bonds is 2. The van der Waals surface area contributed by atoms with Gasteiger partial charge in [-0.2, -0.15) is 0 Å². The number of para-hydroxylation sites is 1. The highest BCUT2D eigenvalue weighted by molar-refractivity contribution is 6.06. The lowest BCUT2D eigenvalue weighted by atomic mass is 9.87. The van der Waals surface area contributed by atoms with Crippen LogP contribution in [-0.2, 0) is 0 Å². The number of hydrogen-bond acceptors (Lipinski definition) is 2. The molecular formula is C13H15N3O. The first kappa shape index (κ1) is 10.4. The summed E-state index contributed by atoms with van der Waals surface area (Å²) in [5.74, 6) is -0.0145. The molecule has 4 N–H and O–H groups in total. The summed E-state index contributed by atoms with van der Waals surface area (Å²) in [5.41, 5.74) is 7.39. The lowest BCUT2D eigenvalue weighted by molar-refractivity contribution is 0.0912. The van der Waals surface area contributed by atoms with Crippen molar-refractivity contribution >= 4 is 16.8 Å². The molecule has 0 aliphatic heterocycles. The van der Waals surface area contributed by atoms with Gasteiger partial charge >= 0.3 is 0 Å². The molecule has 4 nitrogen and oxygen atoms in total. The molecule has 1 fully saturated rings. The fourth-order valence-corrected chi connectivity index (χ4v) is 2.30. The van der Waals surface area contributed by atoms with Crippen molar-refractivity contribution < 1.29 is 4.79 Å². The molecule has 1 aromatic carbocycles. The molecule has 1 aliphatic rings. The summed E-state index contributed by atoms with van der Waals surface area (Å²) in [4.78, 5) is 15.2. The van der Waals surface area contributed by atoms with Crippen LogP contribution in [0.25, 0.3) is 10.9 Å². The normalized spacial score (nSPS) is 23.4. The van der Waals surface area contributed by atoms with Crippen LogP contribution in [0, 0.1) is 0 Å². The molecule has 1 saturated carbocycles. The summed E-state index contributed by atoms with van der Waals surface area (Å²) in [7, 11) is 0. The Bertz CT molecular complexity index is 555. The van der Waals surface area contributed by atoms with Crippen LogP contribution < -0.4 is 11.1 Å². The Hall–Kier alpha value is -1.81. The molecule has 1 aliphatic carbocycles. The average Bonchev–Trinajstić information content (AvgIpc) is 2.70. The maximum Gasteiger partial charge on any atom is 0.253 e. The van der Waals surface area contributed by atoms with E-state index in [2.05, 4.69) is 10.3 Å². The highest BCUT2D eigenvalue weighted by atomic mass is 16.1. The van der Waals surface area contributed by atoms with Gasteiger partial charge in [0.1, 0.15) is 0 Å². The summed E-state index contributed by atoms with van der Waals surface area (Å²) in [5, 5.41) is 3.97. The standard InChI is InChI=1S/C13H15N3O/c14-8-5-9(6-8)16-13(17)11-7-15-12-4-2-1-3-10(11)12/h1-4,7-9,15H,5-6,14H2,(H,16,17). The highest BCUT2D eigenvalue weighted by Gasteiger charge is 2.27. The minimum absolute atomic E-state index is 0.0145. The molecule has 0 saturated heterocycles. The molecule has 1 amide bonds. The number of amides is 1. The quantitative estimate of drug-likeness (QED) is 0.728. The van der Waals surface area contributed by atoms with E-state index in [1.807, 2.05) is 24.3 Å². The monoisotopic (exact) mass is 229 g/mol. The molecule has 0 spiro atoms. The van der Waals surface area contributed by atoms with Crippen LogP contribution in [0.15, 0.2) is 30.5 Å². The van der Waals surface area contributed by atoms with Crippen LogP contribution in [0.3, 0.4) is 0 Å². The molecule has 0 atom stereocenters. The van der Waals surface area contributed by atoms with Gasteiger partial charge in [0.05, 0.1) is 5.56 Å². The molecular weight excluding hydrogens is 214 g/mol.